The van der Waals surface area contributed by atoms with Crippen LogP contribution in [0.5, 0.6) is 0 Å². The molecule has 7 nitrogen and oxygen atoms in total. The Bertz CT molecular complexity index is 1180. The molecule has 2 N–H and O–H groups in total. The zero-order valence-corrected chi connectivity index (χ0v) is 21.3. The molecule has 0 amide bonds. The minimum absolute atomic E-state index is 0.211. The van der Waals surface area contributed by atoms with Crippen LogP contribution in [0.1, 0.15) is 42.5 Å². The van der Waals surface area contributed by atoms with Crippen molar-refractivity contribution in [3.63, 3.8) is 0 Å². The van der Waals surface area contributed by atoms with E-state index in [1.54, 1.807) is 0 Å². The molecule has 1 aliphatic heterocycles. The van der Waals surface area contributed by atoms with Gasteiger partial charge in [-0.1, -0.05) is 59.7 Å². The van der Waals surface area contributed by atoms with Gasteiger partial charge in [0.2, 0.25) is 0 Å². The summed E-state index contributed by atoms with van der Waals surface area (Å²) in [4.78, 5) is 23.9. The number of methoxy groups -OCH3 is 1. The molecule has 0 spiro atoms. The molecule has 0 saturated heterocycles. The van der Waals surface area contributed by atoms with Gasteiger partial charge in [-0.15, -0.1) is 0 Å². The van der Waals surface area contributed by atoms with Crippen LogP contribution in [-0.4, -0.2) is 58.6 Å². The molecule has 4 rings (SSSR count). The molecule has 2 unspecified atom stereocenters. The van der Waals surface area contributed by atoms with Crippen molar-refractivity contribution in [1.82, 2.24) is 9.97 Å². The number of aromatic nitrogens is 2. The van der Waals surface area contributed by atoms with Crippen molar-refractivity contribution in [2.75, 3.05) is 25.1 Å². The molecular formula is C29H35N3O4. The summed E-state index contributed by atoms with van der Waals surface area (Å²) < 4.78 is 4.58. The molecule has 3 aromatic rings. The molecule has 0 saturated carbocycles. The number of anilines is 1. The van der Waals surface area contributed by atoms with E-state index >= 15 is 0 Å². The number of aliphatic hydroxyl groups excluding tert-OH is 2. The van der Waals surface area contributed by atoms with Gasteiger partial charge in [0.05, 0.1) is 42.8 Å². The van der Waals surface area contributed by atoms with Gasteiger partial charge in [-0.2, -0.15) is 0 Å². The van der Waals surface area contributed by atoms with E-state index in [0.717, 1.165) is 53.4 Å². The maximum atomic E-state index is 11.4. The van der Waals surface area contributed by atoms with Crippen LogP contribution in [0.15, 0.2) is 48.5 Å². The first-order valence-corrected chi connectivity index (χ1v) is 12.6. The summed E-state index contributed by atoms with van der Waals surface area (Å²) in [6.07, 6.45) is 0.558. The van der Waals surface area contributed by atoms with E-state index in [1.165, 1.54) is 18.2 Å². The second-order valence-corrected chi connectivity index (χ2v) is 9.57. The minimum Gasteiger partial charge on any atom is -0.469 e. The second kappa shape index (κ2) is 11.6. The highest BCUT2D eigenvalue weighted by molar-refractivity contribution is 5.80. The van der Waals surface area contributed by atoms with E-state index in [2.05, 4.69) is 72.0 Å². The van der Waals surface area contributed by atoms with Gasteiger partial charge >= 0.3 is 5.97 Å². The summed E-state index contributed by atoms with van der Waals surface area (Å²) in [5.41, 5.74) is 7.20. The van der Waals surface area contributed by atoms with Gasteiger partial charge in [0.25, 0.3) is 0 Å². The Hall–Kier alpha value is -3.29. The topological polar surface area (TPSA) is 95.8 Å². The fourth-order valence-electron chi connectivity index (χ4n) is 4.54. The molecule has 1 aromatic heterocycles. The number of hydrogen-bond donors (Lipinski definition) is 2. The molecular weight excluding hydrogens is 454 g/mol. The number of nitrogens with zero attached hydrogens (tertiary/aromatic N) is 3. The quantitative estimate of drug-likeness (QED) is 0.434. The van der Waals surface area contributed by atoms with Crippen LogP contribution in [0.4, 0.5) is 5.82 Å². The molecule has 36 heavy (non-hydrogen) atoms. The smallest absolute Gasteiger partial charge is 0.308 e. The summed E-state index contributed by atoms with van der Waals surface area (Å²) in [6, 6.07) is 16.8. The third-order valence-corrected chi connectivity index (χ3v) is 6.71. The molecule has 0 radical (unpaired) electrons. The van der Waals surface area contributed by atoms with E-state index in [-0.39, 0.29) is 6.42 Å². The number of aryl methyl sites for hydroxylation is 3. The van der Waals surface area contributed by atoms with Crippen LogP contribution in [0.3, 0.4) is 0 Å². The summed E-state index contributed by atoms with van der Waals surface area (Å²) in [6.45, 7) is 5.69. The van der Waals surface area contributed by atoms with Crippen LogP contribution in [0.2, 0.25) is 0 Å². The monoisotopic (exact) mass is 489 g/mol. The van der Waals surface area contributed by atoms with E-state index in [1.807, 2.05) is 0 Å². The van der Waals surface area contributed by atoms with E-state index in [9.17, 15) is 15.0 Å². The standard InChI is InChI=1S/C29H35N3O4/c1-19-8-12-21(13-9-19)27-28(22-14-10-20(2)11-15-22)31-29-23(30-27)6-4-16-32(29)17-5-7-24(33)25(34)18-26(35)36-3/h8-15,24-25,33-34H,4-7,16-18H2,1-3H3. The molecule has 0 fully saturated rings. The zero-order valence-electron chi connectivity index (χ0n) is 21.3. The van der Waals surface area contributed by atoms with Gasteiger partial charge in [-0.25, -0.2) is 9.97 Å². The lowest BCUT2D eigenvalue weighted by atomic mass is 10.0. The van der Waals surface area contributed by atoms with Crippen molar-refractivity contribution in [2.24, 2.45) is 0 Å². The second-order valence-electron chi connectivity index (χ2n) is 9.57. The van der Waals surface area contributed by atoms with Crippen LogP contribution in [-0.2, 0) is 16.0 Å². The highest BCUT2D eigenvalue weighted by atomic mass is 16.5. The van der Waals surface area contributed by atoms with Crippen molar-refractivity contribution in [1.29, 1.82) is 0 Å². The average Bonchev–Trinajstić information content (AvgIpc) is 2.88. The largest absolute Gasteiger partial charge is 0.469 e. The van der Waals surface area contributed by atoms with E-state index in [4.69, 9.17) is 9.97 Å². The van der Waals surface area contributed by atoms with Gasteiger partial charge < -0.3 is 19.8 Å². The minimum atomic E-state index is -1.13. The van der Waals surface area contributed by atoms with Crippen molar-refractivity contribution in [3.8, 4) is 22.5 Å². The Morgan fingerprint density at radius 3 is 2.11 bits per heavy atom. The molecule has 190 valence electrons. The maximum absolute atomic E-state index is 11.4. The molecule has 0 bridgehead atoms. The van der Waals surface area contributed by atoms with Gasteiger partial charge in [0, 0.05) is 24.2 Å². The highest BCUT2D eigenvalue weighted by Crippen LogP contribution is 2.35. The third kappa shape index (κ3) is 6.09. The first-order valence-electron chi connectivity index (χ1n) is 12.6. The van der Waals surface area contributed by atoms with Crippen molar-refractivity contribution in [3.05, 3.63) is 65.4 Å². The zero-order chi connectivity index (χ0) is 25.7. The number of carbonyl (C=O) groups is 1. The SMILES string of the molecule is COC(=O)CC(O)C(O)CCCN1CCCc2nc(-c3ccc(C)cc3)c(-c3ccc(C)cc3)nc21. The van der Waals surface area contributed by atoms with Crippen molar-refractivity contribution >= 4 is 11.8 Å². The van der Waals surface area contributed by atoms with Gasteiger partial charge in [0.1, 0.15) is 0 Å². The molecule has 7 heteroatoms. The van der Waals surface area contributed by atoms with Crippen molar-refractivity contribution in [2.45, 2.75) is 58.2 Å². The Kier molecular flexibility index (Phi) is 8.33. The van der Waals surface area contributed by atoms with Crippen LogP contribution >= 0.6 is 0 Å². The van der Waals surface area contributed by atoms with Crippen molar-refractivity contribution < 1.29 is 19.7 Å². The molecule has 0 aliphatic carbocycles. The Balaban J connectivity index is 1.59. The summed E-state index contributed by atoms with van der Waals surface area (Å²) in [7, 11) is 1.27. The van der Waals surface area contributed by atoms with E-state index < -0.39 is 18.2 Å². The Morgan fingerprint density at radius 1 is 0.944 bits per heavy atom. The number of esters is 1. The Labute approximate surface area is 212 Å². The number of benzene rings is 2. The predicted octanol–water partition coefficient (Wildman–Crippen LogP) is 4.25. The van der Waals surface area contributed by atoms with Crippen LogP contribution < -0.4 is 4.90 Å². The summed E-state index contributed by atoms with van der Waals surface area (Å²) in [5, 5.41) is 20.3. The summed E-state index contributed by atoms with van der Waals surface area (Å²) in [5.74, 6) is 0.354. The fraction of sp³-hybridized carbons (Fsp3) is 0.414. The first kappa shape index (κ1) is 25.8. The lowest BCUT2D eigenvalue weighted by molar-refractivity contribution is -0.144. The number of rotatable bonds is 9. The molecule has 2 heterocycles. The number of aliphatic hydroxyl groups is 2. The predicted molar refractivity (Wildman–Crippen MR) is 141 cm³/mol. The highest BCUT2D eigenvalue weighted by Gasteiger charge is 2.25. The van der Waals surface area contributed by atoms with Crippen LogP contribution in [0, 0.1) is 13.8 Å². The first-order chi connectivity index (χ1) is 17.4. The average molecular weight is 490 g/mol. The number of carbonyl (C=O) groups excluding carboxylic acids is 1. The normalized spacial score (nSPS) is 14.8. The lowest BCUT2D eigenvalue weighted by Crippen LogP contribution is -2.34. The van der Waals surface area contributed by atoms with E-state index in [0.29, 0.717) is 19.4 Å². The fourth-order valence-corrected chi connectivity index (χ4v) is 4.54. The molecule has 2 atom stereocenters. The number of hydrogen-bond acceptors (Lipinski definition) is 7. The number of ether oxygens (including phenoxy) is 1. The van der Waals surface area contributed by atoms with Crippen LogP contribution in [0.25, 0.3) is 22.5 Å². The maximum Gasteiger partial charge on any atom is 0.308 e. The molecule has 2 aromatic carbocycles. The molecule has 1 aliphatic rings. The van der Waals surface area contributed by atoms with Gasteiger partial charge in [-0.05, 0) is 39.5 Å². The number of fused-ring (bicyclic) bond motifs is 1. The van der Waals surface area contributed by atoms with Gasteiger partial charge in [-0.3, -0.25) is 4.79 Å². The summed E-state index contributed by atoms with van der Waals surface area (Å²) >= 11 is 0. The van der Waals surface area contributed by atoms with Gasteiger partial charge in [0.15, 0.2) is 5.82 Å². The Morgan fingerprint density at radius 2 is 1.53 bits per heavy atom. The lowest BCUT2D eigenvalue weighted by Gasteiger charge is -2.31. The third-order valence-electron chi connectivity index (χ3n) is 6.71.